The maximum absolute atomic E-state index is 12.7. The number of anilines is 1. The first-order valence-corrected chi connectivity index (χ1v) is 12.3. The Bertz CT molecular complexity index is 1160. The van der Waals surface area contributed by atoms with E-state index in [1.54, 1.807) is 11.3 Å². The number of hydrogen-bond acceptors (Lipinski definition) is 9. The Labute approximate surface area is 178 Å². The fourth-order valence-corrected chi connectivity index (χ4v) is 6.13. The maximum atomic E-state index is 12.7. The highest BCUT2D eigenvalue weighted by molar-refractivity contribution is 8.00. The lowest BCUT2D eigenvalue weighted by Gasteiger charge is -2.03. The number of fused-ring (bicyclic) bond motifs is 1. The van der Waals surface area contributed by atoms with E-state index in [2.05, 4.69) is 58.4 Å². The molecule has 10 heteroatoms. The molecule has 0 bridgehead atoms. The van der Waals surface area contributed by atoms with Gasteiger partial charge in [0.25, 0.3) is 5.56 Å². The summed E-state index contributed by atoms with van der Waals surface area (Å²) in [4.78, 5) is 23.4. The highest BCUT2D eigenvalue weighted by Crippen LogP contribution is 2.35. The molecule has 4 heterocycles. The number of H-pyrrole nitrogens is 1. The first-order chi connectivity index (χ1) is 13.5. The van der Waals surface area contributed by atoms with E-state index in [1.165, 1.54) is 39.3 Å². The molecule has 4 rings (SSSR count). The lowest BCUT2D eigenvalue weighted by Crippen LogP contribution is -2.10. The molecule has 0 unspecified atom stereocenters. The van der Waals surface area contributed by atoms with Crippen molar-refractivity contribution in [1.82, 2.24) is 20.2 Å². The van der Waals surface area contributed by atoms with Crippen molar-refractivity contribution in [3.05, 3.63) is 38.6 Å². The molecule has 28 heavy (non-hydrogen) atoms. The van der Waals surface area contributed by atoms with Crippen LogP contribution in [-0.2, 0) is 5.75 Å². The Morgan fingerprint density at radius 1 is 1.25 bits per heavy atom. The van der Waals surface area contributed by atoms with Crippen LogP contribution in [0.3, 0.4) is 0 Å². The van der Waals surface area contributed by atoms with E-state index in [1.807, 2.05) is 5.38 Å². The summed E-state index contributed by atoms with van der Waals surface area (Å²) < 4.78 is 0.856. The molecule has 0 aliphatic rings. The van der Waals surface area contributed by atoms with Gasteiger partial charge in [-0.05, 0) is 25.0 Å². The van der Waals surface area contributed by atoms with Crippen molar-refractivity contribution in [3.8, 4) is 10.4 Å². The monoisotopic (exact) mass is 449 g/mol. The lowest BCUT2D eigenvalue weighted by atomic mass is 10.2. The van der Waals surface area contributed by atoms with E-state index in [0.717, 1.165) is 31.3 Å². The van der Waals surface area contributed by atoms with Gasteiger partial charge in [-0.3, -0.25) is 4.79 Å². The van der Waals surface area contributed by atoms with E-state index in [4.69, 9.17) is 0 Å². The van der Waals surface area contributed by atoms with Crippen LogP contribution in [0.25, 0.3) is 20.7 Å². The minimum absolute atomic E-state index is 0.0838. The highest BCUT2D eigenvalue weighted by Gasteiger charge is 2.15. The Morgan fingerprint density at radius 2 is 2.11 bits per heavy atom. The number of nitrogens with zero attached hydrogens (tertiary/aromatic N) is 3. The van der Waals surface area contributed by atoms with Crippen molar-refractivity contribution in [2.24, 2.45) is 5.92 Å². The lowest BCUT2D eigenvalue weighted by molar-refractivity contribution is 0.687. The highest BCUT2D eigenvalue weighted by atomic mass is 32.2. The van der Waals surface area contributed by atoms with Gasteiger partial charge < -0.3 is 10.3 Å². The van der Waals surface area contributed by atoms with Crippen LogP contribution < -0.4 is 10.9 Å². The van der Waals surface area contributed by atoms with E-state index in [0.29, 0.717) is 22.9 Å². The largest absolute Gasteiger partial charge is 0.360 e. The average Bonchev–Trinajstić information content (AvgIpc) is 3.37. The molecule has 146 valence electrons. The normalized spacial score (nSPS) is 11.6. The summed E-state index contributed by atoms with van der Waals surface area (Å²) in [7, 11) is 0. The summed E-state index contributed by atoms with van der Waals surface area (Å²) in [6.07, 6.45) is 0. The molecule has 0 aromatic carbocycles. The molecular formula is C18H19N5OS4. The van der Waals surface area contributed by atoms with Gasteiger partial charge in [-0.15, -0.1) is 32.9 Å². The predicted octanol–water partition coefficient (Wildman–Crippen LogP) is 5.23. The number of thiophene rings is 2. The number of aromatic nitrogens is 4. The second-order valence-corrected chi connectivity index (χ2v) is 11.0. The number of hydrogen-bond donors (Lipinski definition) is 2. The molecule has 0 aliphatic carbocycles. The molecule has 0 aliphatic heterocycles. The summed E-state index contributed by atoms with van der Waals surface area (Å²) in [5, 5.41) is 15.1. The van der Waals surface area contributed by atoms with E-state index >= 15 is 0 Å². The SMILES string of the molecule is Cc1ccc(-c2csc3nc(CSc4nnc(NCC(C)C)s4)[nH]c(=O)c23)s1. The zero-order valence-corrected chi connectivity index (χ0v) is 18.9. The van der Waals surface area contributed by atoms with Crippen LogP contribution in [0.1, 0.15) is 24.5 Å². The van der Waals surface area contributed by atoms with Crippen LogP contribution in [0.5, 0.6) is 0 Å². The minimum atomic E-state index is -0.0838. The Balaban J connectivity index is 1.50. The van der Waals surface area contributed by atoms with Crippen molar-refractivity contribution < 1.29 is 0 Å². The molecule has 4 aromatic heterocycles. The molecule has 0 saturated heterocycles. The van der Waals surface area contributed by atoms with E-state index in [-0.39, 0.29) is 5.56 Å². The number of aryl methyl sites for hydroxylation is 1. The van der Waals surface area contributed by atoms with Crippen molar-refractivity contribution in [2.75, 3.05) is 11.9 Å². The first-order valence-electron chi connectivity index (χ1n) is 8.77. The van der Waals surface area contributed by atoms with Crippen molar-refractivity contribution in [2.45, 2.75) is 30.9 Å². The van der Waals surface area contributed by atoms with Crippen LogP contribution >= 0.6 is 45.8 Å². The second-order valence-electron chi connectivity index (χ2n) is 6.69. The van der Waals surface area contributed by atoms with Gasteiger partial charge in [0.2, 0.25) is 5.13 Å². The molecule has 0 radical (unpaired) electrons. The van der Waals surface area contributed by atoms with Crippen LogP contribution in [0.2, 0.25) is 0 Å². The van der Waals surface area contributed by atoms with Crippen LogP contribution in [0.15, 0.2) is 26.6 Å². The third-order valence-corrected chi connectivity index (χ3v) is 7.83. The minimum Gasteiger partial charge on any atom is -0.360 e. The summed E-state index contributed by atoms with van der Waals surface area (Å²) in [5.41, 5.74) is 0.885. The summed E-state index contributed by atoms with van der Waals surface area (Å²) in [6.45, 7) is 7.24. The molecule has 0 spiro atoms. The van der Waals surface area contributed by atoms with E-state index in [9.17, 15) is 4.79 Å². The van der Waals surface area contributed by atoms with Gasteiger partial charge in [0.1, 0.15) is 10.7 Å². The molecule has 6 nitrogen and oxygen atoms in total. The van der Waals surface area contributed by atoms with Crippen molar-refractivity contribution in [1.29, 1.82) is 0 Å². The molecule has 0 atom stereocenters. The second kappa shape index (κ2) is 8.32. The fourth-order valence-electron chi connectivity index (χ4n) is 2.58. The Hall–Kier alpha value is -1.75. The summed E-state index contributed by atoms with van der Waals surface area (Å²) in [5.74, 6) is 1.76. The molecule has 0 amide bonds. The number of nitrogens with one attached hydrogen (secondary N) is 2. The quantitative estimate of drug-likeness (QED) is 0.376. The molecule has 0 saturated carbocycles. The van der Waals surface area contributed by atoms with Gasteiger partial charge in [0.15, 0.2) is 4.34 Å². The first kappa shape index (κ1) is 19.6. The van der Waals surface area contributed by atoms with Gasteiger partial charge in [-0.25, -0.2) is 4.98 Å². The third kappa shape index (κ3) is 4.29. The number of rotatable bonds is 7. The van der Waals surface area contributed by atoms with E-state index < -0.39 is 0 Å². The van der Waals surface area contributed by atoms with Crippen molar-refractivity contribution >= 4 is 61.1 Å². The van der Waals surface area contributed by atoms with Gasteiger partial charge in [0.05, 0.1) is 11.1 Å². The molecular weight excluding hydrogens is 431 g/mol. The standard InChI is InChI=1S/C18H19N5OS4/c1-9(2)6-19-17-22-23-18(28-17)26-8-13-20-15(24)14-11(7-25-16(14)21-13)12-5-4-10(3)27-12/h4-5,7,9H,6,8H2,1-3H3,(H,19,22)(H,20,21,24). The Kier molecular flexibility index (Phi) is 5.81. The van der Waals surface area contributed by atoms with Gasteiger partial charge >= 0.3 is 0 Å². The fraction of sp³-hybridized carbons (Fsp3) is 0.333. The number of aromatic amines is 1. The van der Waals surface area contributed by atoms with Gasteiger partial charge in [-0.2, -0.15) is 0 Å². The zero-order chi connectivity index (χ0) is 19.7. The topological polar surface area (TPSA) is 83.6 Å². The average molecular weight is 450 g/mol. The summed E-state index contributed by atoms with van der Waals surface area (Å²) >= 11 is 6.25. The van der Waals surface area contributed by atoms with Crippen molar-refractivity contribution in [3.63, 3.8) is 0 Å². The van der Waals surface area contributed by atoms with Crippen LogP contribution in [0.4, 0.5) is 5.13 Å². The smallest absolute Gasteiger partial charge is 0.260 e. The molecule has 4 aromatic rings. The number of thioether (sulfide) groups is 1. The van der Waals surface area contributed by atoms with Crippen LogP contribution in [-0.4, -0.2) is 26.7 Å². The molecule has 2 N–H and O–H groups in total. The molecule has 0 fully saturated rings. The van der Waals surface area contributed by atoms with Gasteiger partial charge in [0, 0.05) is 27.2 Å². The van der Waals surface area contributed by atoms with Gasteiger partial charge in [-0.1, -0.05) is 36.9 Å². The Morgan fingerprint density at radius 3 is 2.86 bits per heavy atom. The maximum Gasteiger partial charge on any atom is 0.260 e. The third-order valence-electron chi connectivity index (χ3n) is 3.90. The predicted molar refractivity (Wildman–Crippen MR) is 121 cm³/mol. The van der Waals surface area contributed by atoms with Crippen LogP contribution in [0, 0.1) is 12.8 Å². The zero-order valence-electron chi connectivity index (χ0n) is 15.6. The summed E-state index contributed by atoms with van der Waals surface area (Å²) in [6, 6.07) is 4.13.